The number of carbonyl (C=O) groups is 2. The van der Waals surface area contributed by atoms with Crippen molar-refractivity contribution in [1.82, 2.24) is 4.98 Å². The number of nitrogens with one attached hydrogen (secondary N) is 1. The Labute approximate surface area is 212 Å². The van der Waals surface area contributed by atoms with E-state index in [2.05, 4.69) is 19.8 Å². The first-order chi connectivity index (χ1) is 17.3. The van der Waals surface area contributed by atoms with Gasteiger partial charge in [-0.25, -0.2) is 4.79 Å². The molecule has 2 heterocycles. The van der Waals surface area contributed by atoms with Gasteiger partial charge in [-0.05, 0) is 60.1 Å². The lowest BCUT2D eigenvalue weighted by atomic mass is 9.81. The second kappa shape index (κ2) is 8.26. The molecular weight excluding hydrogens is 482 g/mol. The molecule has 9 heteroatoms. The normalized spacial score (nSPS) is 16.8. The Morgan fingerprint density at radius 2 is 1.76 bits per heavy atom. The number of hydrogen-bond donors (Lipinski definition) is 2. The van der Waals surface area contributed by atoms with E-state index in [1.807, 2.05) is 20.8 Å². The second-order valence-corrected chi connectivity index (χ2v) is 10.5. The van der Waals surface area contributed by atoms with Crippen LogP contribution in [-0.4, -0.2) is 28.3 Å². The zero-order chi connectivity index (χ0) is 26.8. The van der Waals surface area contributed by atoms with E-state index in [0.717, 1.165) is 0 Å². The smallest absolute Gasteiger partial charge is 0.478 e. The first kappa shape index (κ1) is 24.7. The number of hydrogen-bond acceptors (Lipinski definition) is 5. The van der Waals surface area contributed by atoms with Crippen LogP contribution in [0.2, 0.25) is 0 Å². The Hall–Kier alpha value is -4.01. The minimum Gasteiger partial charge on any atom is -0.478 e. The van der Waals surface area contributed by atoms with Crippen molar-refractivity contribution in [3.05, 3.63) is 70.9 Å². The molecule has 7 nitrogen and oxygen atoms in total. The molecule has 0 unspecified atom stereocenters. The summed E-state index contributed by atoms with van der Waals surface area (Å²) >= 11 is 0. The molecule has 3 aromatic rings. The molecule has 2 N–H and O–H groups in total. The zero-order valence-electron chi connectivity index (χ0n) is 20.8. The van der Waals surface area contributed by atoms with Crippen LogP contribution in [0, 0.1) is 6.92 Å². The standard InChI is InChI=1S/C28H26F2N2O5/c1-15-19(10-13-31-23(15)17-6-5-7-18(26(2,3)4)22(17)24(33)34)32-25(35)27(11-12-27)16-8-9-20-21(14-16)37-28(29,30)36-20/h5-10,13-14H,11-12H2,1-4H3,(H,33,34)(H,31,32,35). The molecule has 0 radical (unpaired) electrons. The van der Waals surface area contributed by atoms with Gasteiger partial charge in [0.15, 0.2) is 11.5 Å². The van der Waals surface area contributed by atoms with Crippen LogP contribution in [0.5, 0.6) is 11.5 Å². The molecule has 0 atom stereocenters. The molecule has 0 saturated heterocycles. The van der Waals surface area contributed by atoms with Crippen molar-refractivity contribution in [3.63, 3.8) is 0 Å². The van der Waals surface area contributed by atoms with E-state index in [0.29, 0.717) is 46.5 Å². The Kier molecular flexibility index (Phi) is 5.51. The highest BCUT2D eigenvalue weighted by molar-refractivity contribution is 6.03. The van der Waals surface area contributed by atoms with Crippen molar-refractivity contribution >= 4 is 17.6 Å². The number of anilines is 1. The quantitative estimate of drug-likeness (QED) is 0.436. The molecule has 2 aromatic carbocycles. The predicted molar refractivity (Wildman–Crippen MR) is 132 cm³/mol. The highest BCUT2D eigenvalue weighted by atomic mass is 19.3. The maximum atomic E-state index is 13.5. The van der Waals surface area contributed by atoms with Gasteiger partial charge in [-0.3, -0.25) is 9.78 Å². The van der Waals surface area contributed by atoms with Crippen LogP contribution in [0.3, 0.4) is 0 Å². The van der Waals surface area contributed by atoms with Crippen molar-refractivity contribution in [3.8, 4) is 22.8 Å². The van der Waals surface area contributed by atoms with Gasteiger partial charge in [0.1, 0.15) is 0 Å². The molecule has 1 fully saturated rings. The average Bonchev–Trinajstić information content (AvgIpc) is 3.56. The summed E-state index contributed by atoms with van der Waals surface area (Å²) in [4.78, 5) is 30.2. The van der Waals surface area contributed by atoms with Crippen LogP contribution in [0.25, 0.3) is 11.3 Å². The van der Waals surface area contributed by atoms with E-state index in [9.17, 15) is 23.5 Å². The Morgan fingerprint density at radius 3 is 2.41 bits per heavy atom. The van der Waals surface area contributed by atoms with E-state index in [1.54, 1.807) is 37.3 Å². The third-order valence-electron chi connectivity index (χ3n) is 6.93. The minimum atomic E-state index is -3.73. The summed E-state index contributed by atoms with van der Waals surface area (Å²) in [7, 11) is 0. The Balaban J connectivity index is 1.48. The third-order valence-corrected chi connectivity index (χ3v) is 6.93. The predicted octanol–water partition coefficient (Wildman–Crippen LogP) is 6.04. The van der Waals surface area contributed by atoms with Crippen LogP contribution >= 0.6 is 0 Å². The molecule has 5 rings (SSSR count). The van der Waals surface area contributed by atoms with Gasteiger partial charge >= 0.3 is 12.3 Å². The molecule has 37 heavy (non-hydrogen) atoms. The summed E-state index contributed by atoms with van der Waals surface area (Å²) in [6.45, 7) is 7.61. The second-order valence-electron chi connectivity index (χ2n) is 10.5. The third kappa shape index (κ3) is 4.28. The van der Waals surface area contributed by atoms with Gasteiger partial charge in [0, 0.05) is 17.4 Å². The van der Waals surface area contributed by atoms with Crippen molar-refractivity contribution in [2.24, 2.45) is 0 Å². The molecule has 0 spiro atoms. The molecule has 192 valence electrons. The molecular formula is C28H26F2N2O5. The van der Waals surface area contributed by atoms with Crippen LogP contribution in [0.15, 0.2) is 48.7 Å². The van der Waals surface area contributed by atoms with E-state index in [-0.39, 0.29) is 23.0 Å². The molecule has 0 bridgehead atoms. The van der Waals surface area contributed by atoms with Crippen molar-refractivity contribution in [1.29, 1.82) is 0 Å². The molecule has 1 aliphatic heterocycles. The van der Waals surface area contributed by atoms with Gasteiger partial charge in [-0.2, -0.15) is 0 Å². The first-order valence-corrected chi connectivity index (χ1v) is 11.9. The summed E-state index contributed by atoms with van der Waals surface area (Å²) in [5.74, 6) is -1.53. The van der Waals surface area contributed by atoms with Crippen LogP contribution in [-0.2, 0) is 15.6 Å². The van der Waals surface area contributed by atoms with Crippen LogP contribution in [0.4, 0.5) is 14.5 Å². The van der Waals surface area contributed by atoms with Gasteiger partial charge < -0.3 is 19.9 Å². The van der Waals surface area contributed by atoms with Gasteiger partial charge in [0.2, 0.25) is 5.91 Å². The lowest BCUT2D eigenvalue weighted by Crippen LogP contribution is -2.28. The first-order valence-electron chi connectivity index (χ1n) is 11.9. The molecule has 2 aliphatic rings. The fraction of sp³-hybridized carbons (Fsp3) is 0.321. The van der Waals surface area contributed by atoms with Crippen LogP contribution in [0.1, 0.15) is 60.7 Å². The minimum absolute atomic E-state index is 0.0775. The largest absolute Gasteiger partial charge is 0.586 e. The average molecular weight is 509 g/mol. The summed E-state index contributed by atoms with van der Waals surface area (Å²) < 4.78 is 35.9. The monoisotopic (exact) mass is 508 g/mol. The Bertz CT molecular complexity index is 1440. The topological polar surface area (TPSA) is 97.8 Å². The Morgan fingerprint density at radius 1 is 1.05 bits per heavy atom. The number of rotatable bonds is 5. The van der Waals surface area contributed by atoms with E-state index in [4.69, 9.17) is 0 Å². The maximum absolute atomic E-state index is 13.5. The SMILES string of the molecule is Cc1c(NC(=O)C2(c3ccc4c(c3)OC(F)(F)O4)CC2)ccnc1-c1cccc(C(C)(C)C)c1C(=O)O. The van der Waals surface area contributed by atoms with Gasteiger partial charge in [0.05, 0.1) is 16.7 Å². The number of aromatic nitrogens is 1. The summed E-state index contributed by atoms with van der Waals surface area (Å²) in [5.41, 5.74) is 2.15. The van der Waals surface area contributed by atoms with Gasteiger partial charge in [-0.15, -0.1) is 8.78 Å². The molecule has 1 aliphatic carbocycles. The lowest BCUT2D eigenvalue weighted by molar-refractivity contribution is -0.286. The fourth-order valence-corrected chi connectivity index (χ4v) is 4.81. The number of pyridine rings is 1. The number of nitrogens with zero attached hydrogens (tertiary/aromatic N) is 1. The summed E-state index contributed by atoms with van der Waals surface area (Å²) in [5, 5.41) is 13.0. The highest BCUT2D eigenvalue weighted by Gasteiger charge is 2.53. The number of aromatic carboxylic acids is 1. The molecule has 1 aromatic heterocycles. The number of amides is 1. The van der Waals surface area contributed by atoms with Crippen molar-refractivity contribution in [2.45, 2.75) is 57.7 Å². The van der Waals surface area contributed by atoms with Gasteiger partial charge in [0.25, 0.3) is 0 Å². The van der Waals surface area contributed by atoms with E-state index in [1.165, 1.54) is 18.3 Å². The summed E-state index contributed by atoms with van der Waals surface area (Å²) in [6.07, 6.45) is -1.12. The number of carboxylic acids is 1. The number of benzene rings is 2. The number of alkyl halides is 2. The van der Waals surface area contributed by atoms with Gasteiger partial charge in [-0.1, -0.05) is 45.0 Å². The number of carboxylic acid groups (broad SMARTS) is 1. The number of ether oxygens (including phenoxy) is 2. The zero-order valence-corrected chi connectivity index (χ0v) is 20.8. The lowest BCUT2D eigenvalue weighted by Gasteiger charge is -2.24. The number of fused-ring (bicyclic) bond motifs is 1. The fourth-order valence-electron chi connectivity index (χ4n) is 4.81. The molecule has 1 saturated carbocycles. The van der Waals surface area contributed by atoms with Crippen molar-refractivity contribution < 1.29 is 33.0 Å². The van der Waals surface area contributed by atoms with Crippen LogP contribution < -0.4 is 14.8 Å². The van der Waals surface area contributed by atoms with E-state index < -0.39 is 23.1 Å². The maximum Gasteiger partial charge on any atom is 0.586 e. The number of carbonyl (C=O) groups excluding carboxylic acids is 1. The number of halogens is 2. The van der Waals surface area contributed by atoms with E-state index >= 15 is 0 Å². The molecule has 1 amide bonds. The summed E-state index contributed by atoms with van der Waals surface area (Å²) in [6, 6.07) is 11.4. The highest BCUT2D eigenvalue weighted by Crippen LogP contribution is 2.52. The van der Waals surface area contributed by atoms with Crippen molar-refractivity contribution in [2.75, 3.05) is 5.32 Å².